The van der Waals surface area contributed by atoms with Crippen LogP contribution in [-0.4, -0.2) is 24.5 Å². The number of nitrogens with zero attached hydrogens (tertiary/aromatic N) is 5. The fourth-order valence-electron chi connectivity index (χ4n) is 2.93. The van der Waals surface area contributed by atoms with E-state index in [0.717, 1.165) is 50.5 Å². The number of alkyl halides is 3. The van der Waals surface area contributed by atoms with Gasteiger partial charge in [-0.25, -0.2) is 9.67 Å². The average molecular weight is 418 g/mol. The van der Waals surface area contributed by atoms with E-state index in [2.05, 4.69) is 32.9 Å². The third-order valence-electron chi connectivity index (χ3n) is 4.40. The number of aryl methyl sites for hydroxylation is 2. The lowest BCUT2D eigenvalue weighted by molar-refractivity contribution is -0.137. The Morgan fingerprint density at radius 1 is 1.10 bits per heavy atom. The van der Waals surface area contributed by atoms with Gasteiger partial charge in [-0.1, -0.05) is 19.1 Å². The Labute approximate surface area is 168 Å². The Morgan fingerprint density at radius 2 is 1.93 bits per heavy atom. The molecule has 0 aliphatic heterocycles. The van der Waals surface area contributed by atoms with Gasteiger partial charge < -0.3 is 4.72 Å². The molecule has 0 radical (unpaired) electrons. The molecule has 0 fully saturated rings. The summed E-state index contributed by atoms with van der Waals surface area (Å²) >= 11 is 1.37. The Bertz CT molecular complexity index is 1150. The average Bonchev–Trinajstić information content (AvgIpc) is 3.32. The molecule has 1 aromatic carbocycles. The van der Waals surface area contributed by atoms with Crippen LogP contribution in [0, 0.1) is 0 Å². The Hall–Kier alpha value is -3.01. The Balaban J connectivity index is 1.53. The van der Waals surface area contributed by atoms with Crippen molar-refractivity contribution in [3.63, 3.8) is 0 Å². The maximum Gasteiger partial charge on any atom is 0.419 e. The molecule has 0 amide bonds. The van der Waals surface area contributed by atoms with Crippen LogP contribution in [0.2, 0.25) is 0 Å². The van der Waals surface area contributed by atoms with Crippen LogP contribution >= 0.6 is 11.9 Å². The molecule has 0 saturated heterocycles. The number of hydrogen-bond donors (Lipinski definition) is 1. The number of hydrogen-bond acceptors (Lipinski definition) is 5. The van der Waals surface area contributed by atoms with E-state index in [-0.39, 0.29) is 0 Å². The highest BCUT2D eigenvalue weighted by atomic mass is 32.2. The first-order valence-electron chi connectivity index (χ1n) is 8.81. The van der Waals surface area contributed by atoms with Crippen molar-refractivity contribution < 1.29 is 13.2 Å². The molecule has 4 rings (SSSR count). The number of fused-ring (bicyclic) bond motifs is 1. The van der Waals surface area contributed by atoms with E-state index in [9.17, 15) is 13.2 Å². The second-order valence-corrected chi connectivity index (χ2v) is 7.30. The van der Waals surface area contributed by atoms with Crippen LogP contribution in [-0.2, 0) is 19.6 Å². The van der Waals surface area contributed by atoms with Gasteiger partial charge >= 0.3 is 6.18 Å². The zero-order valence-electron chi connectivity index (χ0n) is 15.6. The van der Waals surface area contributed by atoms with E-state index in [1.54, 1.807) is 23.0 Å². The number of nitrogens with one attached hydrogen (secondary N) is 1. The molecular formula is C19H17F3N6S. The van der Waals surface area contributed by atoms with Crippen LogP contribution in [0.1, 0.15) is 18.1 Å². The quantitative estimate of drug-likeness (QED) is 0.469. The lowest BCUT2D eigenvalue weighted by Crippen LogP contribution is -2.03. The van der Waals surface area contributed by atoms with Crippen LogP contribution in [0.4, 0.5) is 18.9 Å². The first-order valence-corrected chi connectivity index (χ1v) is 9.63. The summed E-state index contributed by atoms with van der Waals surface area (Å²) in [5.41, 5.74) is 2.17. The summed E-state index contributed by atoms with van der Waals surface area (Å²) in [7, 11) is 1.88. The molecule has 3 aromatic heterocycles. The minimum Gasteiger partial charge on any atom is -0.323 e. The molecule has 0 aliphatic carbocycles. The predicted molar refractivity (Wildman–Crippen MR) is 106 cm³/mol. The third kappa shape index (κ3) is 3.93. The fourth-order valence-corrected chi connectivity index (χ4v) is 3.62. The molecule has 0 saturated carbocycles. The van der Waals surface area contributed by atoms with Crippen molar-refractivity contribution in [1.29, 1.82) is 0 Å². The van der Waals surface area contributed by atoms with E-state index in [0.29, 0.717) is 5.82 Å². The minimum atomic E-state index is -4.43. The second kappa shape index (κ2) is 7.43. The van der Waals surface area contributed by atoms with Gasteiger partial charge in [-0.15, -0.1) is 0 Å². The van der Waals surface area contributed by atoms with E-state index in [1.165, 1.54) is 11.9 Å². The van der Waals surface area contributed by atoms with Crippen LogP contribution in [0.5, 0.6) is 0 Å². The molecule has 0 unspecified atom stereocenters. The van der Waals surface area contributed by atoms with Gasteiger partial charge in [0.25, 0.3) is 0 Å². The van der Waals surface area contributed by atoms with Crippen molar-refractivity contribution >= 4 is 28.5 Å². The fraction of sp³-hybridized carbons (Fsp3) is 0.211. The van der Waals surface area contributed by atoms with Crippen molar-refractivity contribution in [3.8, 4) is 5.82 Å². The second-order valence-electron chi connectivity index (χ2n) is 6.42. The number of aromatic nitrogens is 5. The van der Waals surface area contributed by atoms with E-state index in [1.807, 2.05) is 19.3 Å². The molecule has 0 aliphatic rings. The molecule has 10 heteroatoms. The van der Waals surface area contributed by atoms with E-state index >= 15 is 0 Å². The summed E-state index contributed by atoms with van der Waals surface area (Å²) in [5.74, 6) is 0.311. The summed E-state index contributed by atoms with van der Waals surface area (Å²) < 4.78 is 44.4. The van der Waals surface area contributed by atoms with Gasteiger partial charge in [0, 0.05) is 35.9 Å². The Kier molecular flexibility index (Phi) is 4.95. The topological polar surface area (TPSA) is 60.6 Å². The summed E-state index contributed by atoms with van der Waals surface area (Å²) in [5, 5.41) is 9.31. The van der Waals surface area contributed by atoms with Gasteiger partial charge in [0.2, 0.25) is 0 Å². The maximum atomic E-state index is 12.7. The normalized spacial score (nSPS) is 11.9. The van der Waals surface area contributed by atoms with Crippen LogP contribution in [0.3, 0.4) is 0 Å². The largest absolute Gasteiger partial charge is 0.419 e. The smallest absolute Gasteiger partial charge is 0.323 e. The lowest BCUT2D eigenvalue weighted by Gasteiger charge is -2.11. The third-order valence-corrected chi connectivity index (χ3v) is 5.18. The molecular weight excluding hydrogens is 401 g/mol. The van der Waals surface area contributed by atoms with Gasteiger partial charge in [0.15, 0.2) is 5.82 Å². The molecule has 4 aromatic rings. The first kappa shape index (κ1) is 19.3. The summed E-state index contributed by atoms with van der Waals surface area (Å²) in [6.45, 7) is 2.08. The van der Waals surface area contributed by atoms with E-state index < -0.39 is 11.7 Å². The van der Waals surface area contributed by atoms with Gasteiger partial charge in [-0.05, 0) is 36.1 Å². The summed E-state index contributed by atoms with van der Waals surface area (Å²) in [6.07, 6.45) is 1.68. The highest BCUT2D eigenvalue weighted by Crippen LogP contribution is 2.32. The molecule has 150 valence electrons. The van der Waals surface area contributed by atoms with Gasteiger partial charge in [0.1, 0.15) is 5.52 Å². The van der Waals surface area contributed by atoms with E-state index in [4.69, 9.17) is 0 Å². The molecule has 0 spiro atoms. The number of pyridine rings is 1. The molecule has 1 N–H and O–H groups in total. The standard InChI is InChI=1S/C19H17F3N6S/c1-3-12-4-5-13-10-27(2)25-17(13)18(12)26-29-15-6-7-16(23-9-15)28-11-14(8-24-28)19(20,21)22/h4-11,26H,3H2,1-2H3. The van der Waals surface area contributed by atoms with Crippen LogP contribution in [0.25, 0.3) is 16.7 Å². The maximum absolute atomic E-state index is 12.7. The molecule has 6 nitrogen and oxygen atoms in total. The molecule has 0 atom stereocenters. The van der Waals surface area contributed by atoms with Crippen molar-refractivity contribution in [3.05, 3.63) is 60.2 Å². The van der Waals surface area contributed by atoms with Crippen molar-refractivity contribution in [2.75, 3.05) is 4.72 Å². The number of benzene rings is 1. The monoisotopic (exact) mass is 418 g/mol. The van der Waals surface area contributed by atoms with Gasteiger partial charge in [-0.2, -0.15) is 23.4 Å². The molecule has 0 bridgehead atoms. The molecule has 29 heavy (non-hydrogen) atoms. The Morgan fingerprint density at radius 3 is 2.59 bits per heavy atom. The number of rotatable bonds is 5. The van der Waals surface area contributed by atoms with Crippen molar-refractivity contribution in [2.45, 2.75) is 24.4 Å². The SMILES string of the molecule is CCc1ccc2cn(C)nc2c1NSc1ccc(-n2cc(C(F)(F)F)cn2)nc1. The minimum absolute atomic E-state index is 0.311. The first-order chi connectivity index (χ1) is 13.8. The van der Waals surface area contributed by atoms with Crippen molar-refractivity contribution in [2.24, 2.45) is 7.05 Å². The lowest BCUT2D eigenvalue weighted by atomic mass is 10.1. The molecule has 3 heterocycles. The van der Waals surface area contributed by atoms with Crippen LogP contribution < -0.4 is 4.72 Å². The predicted octanol–water partition coefficient (Wildman–Crippen LogP) is 4.85. The number of halogens is 3. The highest BCUT2D eigenvalue weighted by Gasteiger charge is 2.32. The highest BCUT2D eigenvalue weighted by molar-refractivity contribution is 8.00. The van der Waals surface area contributed by atoms with Crippen LogP contribution in [0.15, 0.2) is 53.9 Å². The van der Waals surface area contributed by atoms with Gasteiger partial charge in [-0.3, -0.25) is 4.68 Å². The van der Waals surface area contributed by atoms with Crippen molar-refractivity contribution in [1.82, 2.24) is 24.5 Å². The summed E-state index contributed by atoms with van der Waals surface area (Å²) in [4.78, 5) is 5.03. The van der Waals surface area contributed by atoms with Gasteiger partial charge in [0.05, 0.1) is 17.4 Å². The zero-order valence-corrected chi connectivity index (χ0v) is 16.4. The number of anilines is 1. The zero-order chi connectivity index (χ0) is 20.6. The summed E-state index contributed by atoms with van der Waals surface area (Å²) in [6, 6.07) is 7.52.